The molecule has 2 aromatic heterocycles. The van der Waals surface area contributed by atoms with Crippen LogP contribution in [0.3, 0.4) is 0 Å². The summed E-state index contributed by atoms with van der Waals surface area (Å²) in [6.45, 7) is 9.81. The molecule has 2 saturated heterocycles. The van der Waals surface area contributed by atoms with E-state index >= 15 is 0 Å². The van der Waals surface area contributed by atoms with E-state index in [1.165, 1.54) is 22.1 Å². The zero-order valence-electron chi connectivity index (χ0n) is 25.7. The molecule has 5 rings (SSSR count). The lowest BCUT2D eigenvalue weighted by molar-refractivity contribution is 0.0605. The first-order valence-corrected chi connectivity index (χ1v) is 20.3. The first kappa shape index (κ1) is 34.2. The van der Waals surface area contributed by atoms with Crippen LogP contribution in [0.25, 0.3) is 21.8 Å². The van der Waals surface area contributed by atoms with Gasteiger partial charge >= 0.3 is 0 Å². The summed E-state index contributed by atoms with van der Waals surface area (Å²) in [7, 11) is 0. The van der Waals surface area contributed by atoms with Gasteiger partial charge in [0.15, 0.2) is 0 Å². The number of hydrogen-bond donors (Lipinski definition) is 0. The summed E-state index contributed by atoms with van der Waals surface area (Å²) in [5.41, 5.74) is 4.45. The number of hydrogen-bond acceptors (Lipinski definition) is 12. The van der Waals surface area contributed by atoms with Crippen molar-refractivity contribution in [3.8, 4) is 0 Å². The lowest BCUT2D eigenvalue weighted by Crippen LogP contribution is -2.29. The number of fused-ring (bicyclic) bond motifs is 3. The predicted molar refractivity (Wildman–Crippen MR) is 194 cm³/mol. The fourth-order valence-corrected chi connectivity index (χ4v) is 8.44. The highest BCUT2D eigenvalue weighted by Crippen LogP contribution is 2.34. The standard InChI is InChI=1S/C32H46N4O4S4/c1-2-28-30(36-9-21-43-25-17-39-13-14-40-18-26-44-22-10-36)4-6-34-32(28)31-27(1)29(3-5-33-31)35-7-19-41-23-15-37-11-12-38-16-24-42-20-8-35/h1-6H,7-26H2. The van der Waals surface area contributed by atoms with E-state index in [1.54, 1.807) is 0 Å². The van der Waals surface area contributed by atoms with Crippen molar-refractivity contribution in [3.63, 3.8) is 0 Å². The second-order valence-electron chi connectivity index (χ2n) is 10.4. The molecule has 3 aromatic rings. The molecular weight excluding hydrogens is 633 g/mol. The van der Waals surface area contributed by atoms with E-state index in [4.69, 9.17) is 28.9 Å². The SMILES string of the molecule is c1cc(N2CCSCCOCCOCCSCC2)c2ccc3c(N4CCSCCOCCOCCSCC4)ccnc3c2n1. The van der Waals surface area contributed by atoms with Gasteiger partial charge in [-0.3, -0.25) is 9.97 Å². The van der Waals surface area contributed by atoms with Gasteiger partial charge in [0.2, 0.25) is 0 Å². The first-order valence-electron chi connectivity index (χ1n) is 15.7. The monoisotopic (exact) mass is 678 g/mol. The van der Waals surface area contributed by atoms with E-state index in [2.05, 4.69) is 34.1 Å². The van der Waals surface area contributed by atoms with Gasteiger partial charge in [0, 0.05) is 107 Å². The van der Waals surface area contributed by atoms with Crippen molar-refractivity contribution < 1.29 is 18.9 Å². The molecule has 0 atom stereocenters. The van der Waals surface area contributed by atoms with Crippen LogP contribution in [0.2, 0.25) is 0 Å². The average Bonchev–Trinajstić information content (AvgIpc) is 3.07. The van der Waals surface area contributed by atoms with E-state index < -0.39 is 0 Å². The Balaban J connectivity index is 1.37. The van der Waals surface area contributed by atoms with E-state index in [0.29, 0.717) is 26.4 Å². The van der Waals surface area contributed by atoms with Gasteiger partial charge < -0.3 is 28.7 Å². The van der Waals surface area contributed by atoms with Crippen LogP contribution in [0.4, 0.5) is 11.4 Å². The Morgan fingerprint density at radius 3 is 1.11 bits per heavy atom. The fourth-order valence-electron chi connectivity index (χ4n) is 5.28. The molecule has 0 radical (unpaired) electrons. The number of thioether (sulfide) groups is 4. The smallest absolute Gasteiger partial charge is 0.0986 e. The summed E-state index contributed by atoms with van der Waals surface area (Å²) >= 11 is 7.82. The van der Waals surface area contributed by atoms with Gasteiger partial charge in [0.25, 0.3) is 0 Å². The Hall–Kier alpha value is -1.12. The van der Waals surface area contributed by atoms with Crippen molar-refractivity contribution in [3.05, 3.63) is 36.7 Å². The van der Waals surface area contributed by atoms with Crippen molar-refractivity contribution >= 4 is 80.2 Å². The van der Waals surface area contributed by atoms with Gasteiger partial charge in [-0.1, -0.05) is 0 Å². The van der Waals surface area contributed by atoms with Crippen LogP contribution in [-0.2, 0) is 18.9 Å². The predicted octanol–water partition coefficient (Wildman–Crippen LogP) is 5.42. The molecule has 1 aromatic carbocycles. The highest BCUT2D eigenvalue weighted by atomic mass is 32.2. The maximum Gasteiger partial charge on any atom is 0.0986 e. The second kappa shape index (κ2) is 20.2. The molecule has 0 amide bonds. The summed E-state index contributed by atoms with van der Waals surface area (Å²) in [4.78, 5) is 14.9. The summed E-state index contributed by atoms with van der Waals surface area (Å²) in [6, 6.07) is 8.90. The Bertz CT molecular complexity index is 1130. The number of benzene rings is 1. The largest absolute Gasteiger partial charge is 0.378 e. The van der Waals surface area contributed by atoms with Crippen LogP contribution in [0.1, 0.15) is 0 Å². The second-order valence-corrected chi connectivity index (χ2v) is 15.3. The third-order valence-corrected chi connectivity index (χ3v) is 11.2. The molecule has 8 nitrogen and oxygen atoms in total. The Labute approximate surface area is 279 Å². The lowest BCUT2D eigenvalue weighted by Gasteiger charge is -2.27. The third-order valence-electron chi connectivity index (χ3n) is 7.51. The molecule has 0 aliphatic carbocycles. The van der Waals surface area contributed by atoms with Crippen LogP contribution in [-0.4, -0.2) is 135 Å². The quantitative estimate of drug-likeness (QED) is 0.325. The molecular formula is C32H46N4O4S4. The maximum absolute atomic E-state index is 5.73. The summed E-state index contributed by atoms with van der Waals surface area (Å²) in [5.74, 6) is 8.28. The molecule has 12 heteroatoms. The molecule has 0 unspecified atom stereocenters. The van der Waals surface area contributed by atoms with Crippen molar-refractivity contribution in [1.82, 2.24) is 9.97 Å². The minimum absolute atomic E-state index is 0.685. The van der Waals surface area contributed by atoms with Crippen molar-refractivity contribution in [2.24, 2.45) is 0 Å². The van der Waals surface area contributed by atoms with Crippen molar-refractivity contribution in [2.75, 3.05) is 135 Å². The normalized spacial score (nSPS) is 20.8. The number of pyridine rings is 2. The van der Waals surface area contributed by atoms with Crippen LogP contribution >= 0.6 is 47.0 Å². The first-order chi connectivity index (χ1) is 21.9. The zero-order valence-corrected chi connectivity index (χ0v) is 28.9. The summed E-state index contributed by atoms with van der Waals surface area (Å²) < 4.78 is 22.9. The zero-order chi connectivity index (χ0) is 30.1. The Kier molecular flexibility index (Phi) is 15.7. The molecule has 0 N–H and O–H groups in total. The van der Waals surface area contributed by atoms with Gasteiger partial charge in [-0.25, -0.2) is 0 Å². The van der Waals surface area contributed by atoms with Crippen LogP contribution in [0, 0.1) is 0 Å². The van der Waals surface area contributed by atoms with Crippen molar-refractivity contribution in [2.45, 2.75) is 0 Å². The van der Waals surface area contributed by atoms with E-state index in [0.717, 1.165) is 110 Å². The highest BCUT2D eigenvalue weighted by molar-refractivity contribution is 7.99. The number of ether oxygens (including phenoxy) is 4. The van der Waals surface area contributed by atoms with Gasteiger partial charge in [-0.05, 0) is 24.3 Å². The molecule has 44 heavy (non-hydrogen) atoms. The third kappa shape index (κ3) is 10.7. The van der Waals surface area contributed by atoms with E-state index in [-0.39, 0.29) is 0 Å². The van der Waals surface area contributed by atoms with Gasteiger partial charge in [-0.2, -0.15) is 47.0 Å². The maximum atomic E-state index is 5.73. The fraction of sp³-hybridized carbons (Fsp3) is 0.625. The van der Waals surface area contributed by atoms with Gasteiger partial charge in [0.1, 0.15) is 0 Å². The Morgan fingerprint density at radius 2 is 0.773 bits per heavy atom. The molecule has 0 saturated carbocycles. The average molecular weight is 679 g/mol. The van der Waals surface area contributed by atoms with Crippen molar-refractivity contribution in [1.29, 1.82) is 0 Å². The van der Waals surface area contributed by atoms with E-state index in [9.17, 15) is 0 Å². The van der Waals surface area contributed by atoms with Crippen LogP contribution < -0.4 is 9.80 Å². The highest BCUT2D eigenvalue weighted by Gasteiger charge is 2.17. The molecule has 2 aliphatic rings. The lowest BCUT2D eigenvalue weighted by atomic mass is 10.1. The molecule has 4 heterocycles. The topological polar surface area (TPSA) is 69.2 Å². The van der Waals surface area contributed by atoms with Crippen LogP contribution in [0.5, 0.6) is 0 Å². The summed E-state index contributed by atoms with van der Waals surface area (Å²) in [5, 5.41) is 2.35. The van der Waals surface area contributed by atoms with Gasteiger partial charge in [0.05, 0.1) is 63.9 Å². The van der Waals surface area contributed by atoms with Gasteiger partial charge in [-0.15, -0.1) is 0 Å². The van der Waals surface area contributed by atoms with Crippen LogP contribution in [0.15, 0.2) is 36.7 Å². The molecule has 242 valence electrons. The van der Waals surface area contributed by atoms with E-state index in [1.807, 2.05) is 59.4 Å². The summed E-state index contributed by atoms with van der Waals surface area (Å²) in [6.07, 6.45) is 3.93. The molecule has 2 aliphatic heterocycles. The molecule has 2 fully saturated rings. The molecule has 0 spiro atoms. The minimum atomic E-state index is 0.685. The number of anilines is 2. The number of nitrogens with zero attached hydrogens (tertiary/aromatic N) is 4. The number of rotatable bonds is 2. The minimum Gasteiger partial charge on any atom is -0.378 e. The number of aromatic nitrogens is 2. The molecule has 0 bridgehead atoms. The Morgan fingerprint density at radius 1 is 0.432 bits per heavy atom.